The maximum Gasteiger partial charge on any atom is 0.311 e. The van der Waals surface area contributed by atoms with Gasteiger partial charge in [0.25, 0.3) is 0 Å². The number of hydrazone groups is 1. The Hall–Kier alpha value is -2.41. The zero-order valence-electron chi connectivity index (χ0n) is 14.7. The first-order valence-electron chi connectivity index (χ1n) is 8.27. The van der Waals surface area contributed by atoms with Crippen molar-refractivity contribution in [1.29, 1.82) is 0 Å². The van der Waals surface area contributed by atoms with Crippen LogP contribution in [0, 0.1) is 0 Å². The average Bonchev–Trinajstić information content (AvgIpc) is 3.03. The number of rotatable bonds is 9. The summed E-state index contributed by atoms with van der Waals surface area (Å²) < 4.78 is 10.8. The van der Waals surface area contributed by atoms with Gasteiger partial charge in [0.05, 0.1) is 31.0 Å². The van der Waals surface area contributed by atoms with E-state index in [0.717, 1.165) is 17.7 Å². The lowest BCUT2D eigenvalue weighted by Gasteiger charge is -2.14. The van der Waals surface area contributed by atoms with Crippen molar-refractivity contribution in [3.8, 4) is 5.75 Å². The van der Waals surface area contributed by atoms with Gasteiger partial charge in [0.15, 0.2) is 0 Å². The van der Waals surface area contributed by atoms with Gasteiger partial charge in [-0.1, -0.05) is 19.1 Å². The maximum atomic E-state index is 11.4. The van der Waals surface area contributed by atoms with E-state index in [-0.39, 0.29) is 18.5 Å². The predicted octanol–water partition coefficient (Wildman–Crippen LogP) is 3.87. The summed E-state index contributed by atoms with van der Waals surface area (Å²) in [5.41, 5.74) is 4.44. The summed E-state index contributed by atoms with van der Waals surface area (Å²) in [7, 11) is 0. The number of aromatic nitrogens is 1. The van der Waals surface area contributed by atoms with E-state index in [1.165, 1.54) is 11.3 Å². The molecule has 1 N–H and O–H groups in total. The number of esters is 1. The summed E-state index contributed by atoms with van der Waals surface area (Å²) in [6.45, 7) is 6.27. The zero-order chi connectivity index (χ0) is 18.1. The van der Waals surface area contributed by atoms with Crippen molar-refractivity contribution >= 4 is 28.7 Å². The zero-order valence-corrected chi connectivity index (χ0v) is 15.5. The number of benzene rings is 1. The van der Waals surface area contributed by atoms with Crippen LogP contribution in [0.3, 0.4) is 0 Å². The lowest BCUT2D eigenvalue weighted by atomic mass is 10.2. The van der Waals surface area contributed by atoms with Gasteiger partial charge in [-0.2, -0.15) is 5.10 Å². The number of carbonyl (C=O) groups excluding carboxylic acids is 1. The Bertz CT molecular complexity index is 715. The largest absolute Gasteiger partial charge is 0.490 e. The van der Waals surface area contributed by atoms with Crippen LogP contribution in [0.1, 0.15) is 38.4 Å². The minimum Gasteiger partial charge on any atom is -0.490 e. The van der Waals surface area contributed by atoms with E-state index < -0.39 is 0 Å². The van der Waals surface area contributed by atoms with Gasteiger partial charge in [-0.3, -0.25) is 10.2 Å². The fraction of sp³-hybridized carbons (Fsp3) is 0.389. The summed E-state index contributed by atoms with van der Waals surface area (Å²) >= 11 is 1.39. The van der Waals surface area contributed by atoms with Crippen molar-refractivity contribution in [2.24, 2.45) is 5.10 Å². The highest BCUT2D eigenvalue weighted by Crippen LogP contribution is 2.19. The van der Waals surface area contributed by atoms with Crippen LogP contribution in [0.15, 0.2) is 34.7 Å². The van der Waals surface area contributed by atoms with Crippen LogP contribution in [0.4, 0.5) is 5.13 Å². The molecule has 0 radical (unpaired) electrons. The minimum absolute atomic E-state index is 0.145. The van der Waals surface area contributed by atoms with Crippen LogP contribution in [0.5, 0.6) is 5.75 Å². The number of para-hydroxylation sites is 1. The molecule has 25 heavy (non-hydrogen) atoms. The van der Waals surface area contributed by atoms with Crippen molar-refractivity contribution in [2.75, 3.05) is 12.0 Å². The Balaban J connectivity index is 1.95. The fourth-order valence-corrected chi connectivity index (χ4v) is 2.61. The van der Waals surface area contributed by atoms with Crippen LogP contribution < -0.4 is 10.2 Å². The highest BCUT2D eigenvalue weighted by molar-refractivity contribution is 7.13. The van der Waals surface area contributed by atoms with E-state index in [1.54, 1.807) is 13.1 Å². The number of carbonyl (C=O) groups is 1. The molecular formula is C18H23N3O3S. The highest BCUT2D eigenvalue weighted by Gasteiger charge is 2.08. The lowest BCUT2D eigenvalue weighted by molar-refractivity contribution is -0.142. The highest BCUT2D eigenvalue weighted by atomic mass is 32.1. The molecule has 2 aromatic rings. The number of ether oxygens (including phenoxy) is 2. The van der Waals surface area contributed by atoms with Gasteiger partial charge in [0, 0.05) is 10.9 Å². The quantitative estimate of drug-likeness (QED) is 0.417. The van der Waals surface area contributed by atoms with E-state index in [9.17, 15) is 4.79 Å². The molecule has 0 aliphatic heterocycles. The number of anilines is 1. The van der Waals surface area contributed by atoms with E-state index in [1.807, 2.05) is 36.6 Å². The first-order chi connectivity index (χ1) is 12.1. The molecular weight excluding hydrogens is 338 g/mol. The number of hydrogen-bond donors (Lipinski definition) is 1. The molecule has 0 saturated carbocycles. The molecule has 0 saturated heterocycles. The Morgan fingerprint density at radius 1 is 1.40 bits per heavy atom. The number of thiazole rings is 1. The molecule has 7 heteroatoms. The fourth-order valence-electron chi connectivity index (χ4n) is 1.95. The van der Waals surface area contributed by atoms with E-state index in [2.05, 4.69) is 22.4 Å². The van der Waals surface area contributed by atoms with Crippen LogP contribution >= 0.6 is 11.3 Å². The summed E-state index contributed by atoms with van der Waals surface area (Å²) in [5, 5.41) is 6.65. The van der Waals surface area contributed by atoms with E-state index in [0.29, 0.717) is 17.4 Å². The Morgan fingerprint density at radius 2 is 2.20 bits per heavy atom. The van der Waals surface area contributed by atoms with Crippen molar-refractivity contribution in [1.82, 2.24) is 4.98 Å². The number of nitrogens with zero attached hydrogens (tertiary/aromatic N) is 2. The second-order valence-corrected chi connectivity index (χ2v) is 6.23. The molecule has 2 rings (SSSR count). The second kappa shape index (κ2) is 9.78. The van der Waals surface area contributed by atoms with Crippen molar-refractivity contribution in [3.05, 3.63) is 40.9 Å². The van der Waals surface area contributed by atoms with Crippen molar-refractivity contribution in [2.45, 2.75) is 39.7 Å². The average molecular weight is 361 g/mol. The van der Waals surface area contributed by atoms with Gasteiger partial charge in [-0.05, 0) is 32.4 Å². The van der Waals surface area contributed by atoms with E-state index in [4.69, 9.17) is 9.47 Å². The molecule has 1 aromatic carbocycles. The van der Waals surface area contributed by atoms with Crippen LogP contribution in [-0.4, -0.2) is 29.9 Å². The van der Waals surface area contributed by atoms with Crippen molar-refractivity contribution in [3.63, 3.8) is 0 Å². The molecule has 1 unspecified atom stereocenters. The molecule has 1 heterocycles. The van der Waals surface area contributed by atoms with Crippen LogP contribution in [-0.2, 0) is 16.0 Å². The third-order valence-corrected chi connectivity index (χ3v) is 4.16. The topological polar surface area (TPSA) is 72.8 Å². The molecule has 0 bridgehead atoms. The van der Waals surface area contributed by atoms with Gasteiger partial charge >= 0.3 is 5.97 Å². The van der Waals surface area contributed by atoms with E-state index >= 15 is 0 Å². The molecule has 0 spiro atoms. The minimum atomic E-state index is -0.279. The molecule has 0 amide bonds. The Labute approximate surface area is 151 Å². The smallest absolute Gasteiger partial charge is 0.311 e. The lowest BCUT2D eigenvalue weighted by Crippen LogP contribution is -2.11. The van der Waals surface area contributed by atoms with Crippen molar-refractivity contribution < 1.29 is 14.3 Å². The summed E-state index contributed by atoms with van der Waals surface area (Å²) in [6.07, 6.45) is 2.95. The Kier molecular flexibility index (Phi) is 7.40. The molecule has 134 valence electrons. The summed E-state index contributed by atoms with van der Waals surface area (Å²) in [4.78, 5) is 15.8. The van der Waals surface area contributed by atoms with Gasteiger partial charge in [0.1, 0.15) is 5.75 Å². The predicted molar refractivity (Wildman–Crippen MR) is 100 cm³/mol. The molecule has 1 atom stereocenters. The first kappa shape index (κ1) is 18.9. The second-order valence-electron chi connectivity index (χ2n) is 5.37. The van der Waals surface area contributed by atoms with Crippen LogP contribution in [0.2, 0.25) is 0 Å². The van der Waals surface area contributed by atoms with Gasteiger partial charge < -0.3 is 9.47 Å². The SMILES string of the molecule is CCOC(=O)Cc1csc(NN=Cc2ccccc2OC(C)CC)n1. The summed E-state index contributed by atoms with van der Waals surface area (Å²) in [6, 6.07) is 7.74. The normalized spacial score (nSPS) is 12.1. The monoisotopic (exact) mass is 361 g/mol. The number of hydrogen-bond acceptors (Lipinski definition) is 7. The van der Waals surface area contributed by atoms with Crippen LogP contribution in [0.25, 0.3) is 0 Å². The molecule has 0 aliphatic rings. The summed E-state index contributed by atoms with van der Waals surface area (Å²) in [5.74, 6) is 0.517. The first-order valence-corrected chi connectivity index (χ1v) is 9.15. The van der Waals surface area contributed by atoms with Gasteiger partial charge in [-0.25, -0.2) is 4.98 Å². The molecule has 0 fully saturated rings. The van der Waals surface area contributed by atoms with Gasteiger partial charge in [-0.15, -0.1) is 11.3 Å². The molecule has 1 aromatic heterocycles. The maximum absolute atomic E-state index is 11.4. The standard InChI is InChI=1S/C18H23N3O3S/c1-4-13(3)24-16-9-7-6-8-14(16)11-19-21-18-20-15(12-25-18)10-17(22)23-5-2/h6-9,11-13H,4-5,10H2,1-3H3,(H,20,21). The third-order valence-electron chi connectivity index (χ3n) is 3.37. The number of nitrogens with one attached hydrogen (secondary N) is 1. The third kappa shape index (κ3) is 6.19. The molecule has 6 nitrogen and oxygen atoms in total. The van der Waals surface area contributed by atoms with Gasteiger partial charge in [0.2, 0.25) is 5.13 Å². The Morgan fingerprint density at radius 3 is 2.96 bits per heavy atom. The molecule has 0 aliphatic carbocycles.